The Morgan fingerprint density at radius 1 is 1.30 bits per heavy atom. The van der Waals surface area contributed by atoms with Gasteiger partial charge in [0.2, 0.25) is 0 Å². The molecule has 0 saturated heterocycles. The molecule has 0 aliphatic carbocycles. The summed E-state index contributed by atoms with van der Waals surface area (Å²) in [6.07, 6.45) is 2.48. The second-order valence-corrected chi connectivity index (χ2v) is 5.76. The normalized spacial score (nSPS) is 12.8. The number of hydrogen-bond donors (Lipinski definition) is 3. The van der Waals surface area contributed by atoms with E-state index in [0.717, 1.165) is 12.8 Å². The number of aliphatic hydroxyl groups excluding tert-OH is 1. The van der Waals surface area contributed by atoms with Crippen LogP contribution in [0.2, 0.25) is 0 Å². The molecule has 0 saturated carbocycles. The third-order valence-corrected chi connectivity index (χ3v) is 3.77. The average molecular weight is 288 g/mol. The Morgan fingerprint density at radius 2 is 1.90 bits per heavy atom. The largest absolute Gasteiger partial charge is 0.481 e. The number of hydrogen-bond acceptors (Lipinski definition) is 3. The summed E-state index contributed by atoms with van der Waals surface area (Å²) < 4.78 is 0. The Bertz CT molecular complexity index is 318. The van der Waals surface area contributed by atoms with Crippen LogP contribution in [0, 0.1) is 5.92 Å². The van der Waals surface area contributed by atoms with Gasteiger partial charge in [-0.25, -0.2) is 4.79 Å². The fraction of sp³-hybridized carbons (Fsp3) is 0.857. The maximum absolute atomic E-state index is 11.9. The highest BCUT2D eigenvalue weighted by Crippen LogP contribution is 2.15. The number of nitrogens with one attached hydrogen (secondary N) is 1. The first-order valence-corrected chi connectivity index (χ1v) is 7.09. The van der Waals surface area contributed by atoms with Gasteiger partial charge >= 0.3 is 12.0 Å². The first-order chi connectivity index (χ1) is 9.24. The number of rotatable bonds is 9. The zero-order chi connectivity index (χ0) is 15.8. The van der Waals surface area contributed by atoms with Gasteiger partial charge in [0.25, 0.3) is 0 Å². The number of urea groups is 1. The summed E-state index contributed by atoms with van der Waals surface area (Å²) in [6, 6.07) is -0.225. The third-order valence-electron chi connectivity index (χ3n) is 3.77. The molecule has 20 heavy (non-hydrogen) atoms. The minimum atomic E-state index is -0.781. The molecule has 1 atom stereocenters. The van der Waals surface area contributed by atoms with Crippen molar-refractivity contribution in [3.8, 4) is 0 Å². The lowest BCUT2D eigenvalue weighted by molar-refractivity contribution is -0.137. The standard InChI is InChI=1S/C14H28N2O4/c1-5-11(6-7-12(18)19)8-9-15-13(20)16(4)14(2,3)10-17/h11,17H,5-10H2,1-4H3,(H,15,20)(H,18,19). The number of aliphatic hydroxyl groups is 1. The van der Waals surface area contributed by atoms with E-state index in [0.29, 0.717) is 18.9 Å². The van der Waals surface area contributed by atoms with E-state index in [-0.39, 0.29) is 19.1 Å². The monoisotopic (exact) mass is 288 g/mol. The van der Waals surface area contributed by atoms with Crippen molar-refractivity contribution in [1.29, 1.82) is 0 Å². The number of carbonyl (C=O) groups excluding carboxylic acids is 1. The molecule has 6 nitrogen and oxygen atoms in total. The maximum Gasteiger partial charge on any atom is 0.317 e. The van der Waals surface area contributed by atoms with Crippen LogP contribution in [0.5, 0.6) is 0 Å². The van der Waals surface area contributed by atoms with Gasteiger partial charge in [-0.15, -0.1) is 0 Å². The third kappa shape index (κ3) is 6.75. The molecule has 0 heterocycles. The van der Waals surface area contributed by atoms with Gasteiger partial charge in [-0.3, -0.25) is 4.79 Å². The van der Waals surface area contributed by atoms with Gasteiger partial charge in [-0.1, -0.05) is 13.3 Å². The Labute approximate surface area is 121 Å². The molecule has 0 rings (SSSR count). The van der Waals surface area contributed by atoms with Crippen molar-refractivity contribution in [2.75, 3.05) is 20.2 Å². The molecule has 118 valence electrons. The molecule has 0 aromatic heterocycles. The van der Waals surface area contributed by atoms with Crippen LogP contribution in [0.1, 0.15) is 46.5 Å². The lowest BCUT2D eigenvalue weighted by Crippen LogP contribution is -2.51. The molecule has 0 aromatic carbocycles. The number of aliphatic carboxylic acids is 1. The van der Waals surface area contributed by atoms with Crippen molar-refractivity contribution in [2.24, 2.45) is 5.92 Å². The molecule has 6 heteroatoms. The van der Waals surface area contributed by atoms with Crippen LogP contribution in [0.3, 0.4) is 0 Å². The number of carboxylic acids is 1. The highest BCUT2D eigenvalue weighted by atomic mass is 16.4. The molecule has 0 aliphatic rings. The van der Waals surface area contributed by atoms with Gasteiger partial charge in [-0.05, 0) is 32.6 Å². The Kier molecular flexibility index (Phi) is 8.22. The first-order valence-electron chi connectivity index (χ1n) is 7.09. The van der Waals surface area contributed by atoms with Crippen molar-refractivity contribution in [2.45, 2.75) is 52.0 Å². The topological polar surface area (TPSA) is 89.9 Å². The molecular weight excluding hydrogens is 260 g/mol. The van der Waals surface area contributed by atoms with Gasteiger partial charge < -0.3 is 20.4 Å². The van der Waals surface area contributed by atoms with Crippen molar-refractivity contribution < 1.29 is 19.8 Å². The Hall–Kier alpha value is -1.30. The summed E-state index contributed by atoms with van der Waals surface area (Å²) in [5.41, 5.74) is -0.600. The van der Waals surface area contributed by atoms with Crippen LogP contribution >= 0.6 is 0 Å². The van der Waals surface area contributed by atoms with Crippen LogP contribution in [0.15, 0.2) is 0 Å². The number of likely N-dealkylation sites (N-methyl/N-ethyl adjacent to an activating group) is 1. The molecule has 0 bridgehead atoms. The fourth-order valence-electron chi connectivity index (χ4n) is 1.76. The van der Waals surface area contributed by atoms with E-state index in [2.05, 4.69) is 5.32 Å². The van der Waals surface area contributed by atoms with Gasteiger partial charge in [0, 0.05) is 20.0 Å². The lowest BCUT2D eigenvalue weighted by Gasteiger charge is -2.34. The quantitative estimate of drug-likeness (QED) is 0.602. The van der Waals surface area contributed by atoms with Gasteiger partial charge in [0.15, 0.2) is 0 Å². The van der Waals surface area contributed by atoms with E-state index < -0.39 is 11.5 Å². The first kappa shape index (κ1) is 18.7. The Balaban J connectivity index is 4.09. The minimum absolute atomic E-state index is 0.104. The van der Waals surface area contributed by atoms with Crippen LogP contribution in [0.25, 0.3) is 0 Å². The maximum atomic E-state index is 11.9. The zero-order valence-corrected chi connectivity index (χ0v) is 13.0. The molecule has 1 unspecified atom stereocenters. The summed E-state index contributed by atoms with van der Waals surface area (Å²) in [6.45, 7) is 6.01. The number of nitrogens with zero attached hydrogens (tertiary/aromatic N) is 1. The summed E-state index contributed by atoms with van der Waals surface area (Å²) in [7, 11) is 1.65. The number of carboxylic acid groups (broad SMARTS) is 1. The SMILES string of the molecule is CCC(CCNC(=O)N(C)C(C)(C)CO)CCC(=O)O. The van der Waals surface area contributed by atoms with Crippen LogP contribution in [-0.4, -0.2) is 52.9 Å². The molecule has 2 amide bonds. The van der Waals surface area contributed by atoms with E-state index in [4.69, 9.17) is 5.11 Å². The second-order valence-electron chi connectivity index (χ2n) is 5.76. The van der Waals surface area contributed by atoms with Crippen molar-refractivity contribution in [3.05, 3.63) is 0 Å². The molecule has 0 spiro atoms. The lowest BCUT2D eigenvalue weighted by atomic mass is 9.97. The van der Waals surface area contributed by atoms with E-state index in [1.807, 2.05) is 6.92 Å². The molecule has 0 fully saturated rings. The predicted molar refractivity (Wildman–Crippen MR) is 77.6 cm³/mol. The Morgan fingerprint density at radius 3 is 2.35 bits per heavy atom. The van der Waals surface area contributed by atoms with E-state index in [1.165, 1.54) is 4.90 Å². The van der Waals surface area contributed by atoms with Gasteiger partial charge in [0.1, 0.15) is 0 Å². The van der Waals surface area contributed by atoms with Crippen LogP contribution in [-0.2, 0) is 4.79 Å². The van der Waals surface area contributed by atoms with Gasteiger partial charge in [-0.2, -0.15) is 0 Å². The van der Waals surface area contributed by atoms with Crippen LogP contribution in [0.4, 0.5) is 4.79 Å². The number of carbonyl (C=O) groups is 2. The summed E-state index contributed by atoms with van der Waals surface area (Å²) >= 11 is 0. The summed E-state index contributed by atoms with van der Waals surface area (Å²) in [4.78, 5) is 23.9. The highest BCUT2D eigenvalue weighted by molar-refractivity contribution is 5.74. The fourth-order valence-corrected chi connectivity index (χ4v) is 1.76. The molecular formula is C14H28N2O4. The van der Waals surface area contributed by atoms with Crippen LogP contribution < -0.4 is 5.32 Å². The molecule has 0 radical (unpaired) electrons. The van der Waals surface area contributed by atoms with Crippen molar-refractivity contribution in [1.82, 2.24) is 10.2 Å². The number of amides is 2. The van der Waals surface area contributed by atoms with Gasteiger partial charge in [0.05, 0.1) is 12.1 Å². The molecule has 0 aliphatic heterocycles. The summed E-state index contributed by atoms with van der Waals surface area (Å²) in [5.74, 6) is -0.473. The van der Waals surface area contributed by atoms with Crippen molar-refractivity contribution >= 4 is 12.0 Å². The van der Waals surface area contributed by atoms with E-state index >= 15 is 0 Å². The predicted octanol–water partition coefficient (Wildman–Crippen LogP) is 1.68. The summed E-state index contributed by atoms with van der Waals surface area (Å²) in [5, 5.41) is 20.7. The molecule has 0 aromatic rings. The van der Waals surface area contributed by atoms with Crippen molar-refractivity contribution in [3.63, 3.8) is 0 Å². The smallest absolute Gasteiger partial charge is 0.317 e. The molecule has 3 N–H and O–H groups in total. The minimum Gasteiger partial charge on any atom is -0.481 e. The van der Waals surface area contributed by atoms with E-state index in [1.54, 1.807) is 20.9 Å². The second kappa shape index (κ2) is 8.79. The average Bonchev–Trinajstić information content (AvgIpc) is 2.41. The van der Waals surface area contributed by atoms with E-state index in [9.17, 15) is 14.7 Å². The zero-order valence-electron chi connectivity index (χ0n) is 13.0. The highest BCUT2D eigenvalue weighted by Gasteiger charge is 2.26.